The lowest BCUT2D eigenvalue weighted by Gasteiger charge is -2.44. The third-order valence-corrected chi connectivity index (χ3v) is 6.21. The fourth-order valence-electron chi connectivity index (χ4n) is 4.11. The van der Waals surface area contributed by atoms with E-state index in [1.807, 2.05) is 49.3 Å². The van der Waals surface area contributed by atoms with E-state index in [9.17, 15) is 10.1 Å². The van der Waals surface area contributed by atoms with Crippen molar-refractivity contribution < 1.29 is 9.66 Å². The lowest BCUT2D eigenvalue weighted by molar-refractivity contribution is -0.384. The van der Waals surface area contributed by atoms with Gasteiger partial charge in [-0.2, -0.15) is 0 Å². The number of hydrogen-bond acceptors (Lipinski definition) is 9. The Morgan fingerprint density at radius 1 is 1.14 bits per heavy atom. The molecular weight excluding hydrogens is 446 g/mol. The highest BCUT2D eigenvalue weighted by Crippen LogP contribution is 2.41. The highest BCUT2D eigenvalue weighted by molar-refractivity contribution is 5.83. The molecular formula is C25H25N7O3. The van der Waals surface area contributed by atoms with Gasteiger partial charge in [0, 0.05) is 54.6 Å². The van der Waals surface area contributed by atoms with Crippen molar-refractivity contribution in [2.75, 3.05) is 44.5 Å². The molecule has 2 aromatic carbocycles. The summed E-state index contributed by atoms with van der Waals surface area (Å²) in [6.07, 6.45) is 3.40. The van der Waals surface area contributed by atoms with Crippen LogP contribution in [-0.2, 0) is 0 Å². The summed E-state index contributed by atoms with van der Waals surface area (Å²) in [6, 6.07) is 15.2. The zero-order chi connectivity index (χ0) is 24.5. The van der Waals surface area contributed by atoms with E-state index in [1.54, 1.807) is 24.5 Å². The molecule has 5 rings (SSSR count). The number of nitro groups is 1. The molecule has 0 amide bonds. The van der Waals surface area contributed by atoms with Crippen LogP contribution < -0.4 is 15.0 Å². The summed E-state index contributed by atoms with van der Waals surface area (Å²) in [5.41, 5.74) is 3.38. The molecule has 0 saturated carbocycles. The van der Waals surface area contributed by atoms with Gasteiger partial charge in [-0.15, -0.1) is 0 Å². The maximum absolute atomic E-state index is 11.9. The van der Waals surface area contributed by atoms with Crippen LogP contribution in [0.15, 0.2) is 60.9 Å². The van der Waals surface area contributed by atoms with Crippen LogP contribution >= 0.6 is 0 Å². The van der Waals surface area contributed by atoms with Gasteiger partial charge >= 0.3 is 0 Å². The standard InChI is InChI=1S/C25H25N7O3/c1-30(2)18-14-31(15-18)22-12-24(35-3)21(11-23(22)32(33)34)29-25-26-9-8-20(28-25)17-10-16-6-4-5-7-19(16)27-13-17/h4-13,18H,14-15H2,1-3H3,(H,26,28,29). The third-order valence-electron chi connectivity index (χ3n) is 6.21. The number of rotatable bonds is 7. The molecule has 3 heterocycles. The average Bonchev–Trinajstić information content (AvgIpc) is 2.83. The molecule has 1 saturated heterocycles. The Morgan fingerprint density at radius 3 is 2.69 bits per heavy atom. The first kappa shape index (κ1) is 22.5. The Morgan fingerprint density at radius 2 is 1.94 bits per heavy atom. The summed E-state index contributed by atoms with van der Waals surface area (Å²) in [4.78, 5) is 29.0. The van der Waals surface area contributed by atoms with Crippen molar-refractivity contribution in [3.63, 3.8) is 0 Å². The van der Waals surface area contributed by atoms with Gasteiger partial charge in [-0.05, 0) is 32.3 Å². The Bertz CT molecular complexity index is 1400. The second-order valence-corrected chi connectivity index (χ2v) is 8.63. The summed E-state index contributed by atoms with van der Waals surface area (Å²) < 4.78 is 5.56. The fraction of sp³-hybridized carbons (Fsp3) is 0.240. The molecule has 178 valence electrons. The van der Waals surface area contributed by atoms with Crippen LogP contribution in [0.25, 0.3) is 22.2 Å². The quantitative estimate of drug-likeness (QED) is 0.315. The van der Waals surface area contributed by atoms with Crippen molar-refractivity contribution in [2.24, 2.45) is 0 Å². The number of anilines is 3. The number of ether oxygens (including phenoxy) is 1. The van der Waals surface area contributed by atoms with E-state index in [0.29, 0.717) is 47.9 Å². The van der Waals surface area contributed by atoms with E-state index < -0.39 is 0 Å². The SMILES string of the molecule is COc1cc(N2CC(N(C)C)C2)c([N+](=O)[O-])cc1Nc1nccc(-c2cnc3ccccc3c2)n1. The number of nitrogens with one attached hydrogen (secondary N) is 1. The van der Waals surface area contributed by atoms with Crippen LogP contribution in [0.1, 0.15) is 0 Å². The molecule has 0 atom stereocenters. The second-order valence-electron chi connectivity index (χ2n) is 8.63. The average molecular weight is 472 g/mol. The molecule has 10 heteroatoms. The van der Waals surface area contributed by atoms with E-state index in [2.05, 4.69) is 25.2 Å². The predicted octanol–water partition coefficient (Wildman–Crippen LogP) is 4.10. The molecule has 1 fully saturated rings. The first-order valence-corrected chi connectivity index (χ1v) is 11.2. The fourth-order valence-corrected chi connectivity index (χ4v) is 4.11. The van der Waals surface area contributed by atoms with Gasteiger partial charge in [0.15, 0.2) is 0 Å². The van der Waals surface area contributed by atoms with E-state index in [1.165, 1.54) is 13.2 Å². The molecule has 35 heavy (non-hydrogen) atoms. The Labute approximate surface area is 202 Å². The van der Waals surface area contributed by atoms with Gasteiger partial charge in [-0.25, -0.2) is 9.97 Å². The highest BCUT2D eigenvalue weighted by atomic mass is 16.6. The topological polar surface area (TPSA) is 110 Å². The maximum Gasteiger partial charge on any atom is 0.294 e. The normalized spacial score (nSPS) is 13.7. The van der Waals surface area contributed by atoms with Gasteiger partial charge in [0.1, 0.15) is 11.4 Å². The molecule has 0 bridgehead atoms. The van der Waals surface area contributed by atoms with E-state index >= 15 is 0 Å². The number of methoxy groups -OCH3 is 1. The number of pyridine rings is 1. The summed E-state index contributed by atoms with van der Waals surface area (Å²) in [5.74, 6) is 0.771. The van der Waals surface area contributed by atoms with Crippen LogP contribution in [0.2, 0.25) is 0 Å². The summed E-state index contributed by atoms with van der Waals surface area (Å²) in [6.45, 7) is 1.43. The molecule has 4 aromatic rings. The van der Waals surface area contributed by atoms with Crippen LogP contribution in [0.3, 0.4) is 0 Å². The maximum atomic E-state index is 11.9. The van der Waals surface area contributed by atoms with Crippen LogP contribution in [0, 0.1) is 10.1 Å². The van der Waals surface area contributed by atoms with Crippen molar-refractivity contribution in [1.82, 2.24) is 19.9 Å². The number of nitrogens with zero attached hydrogens (tertiary/aromatic N) is 6. The zero-order valence-electron chi connectivity index (χ0n) is 19.7. The summed E-state index contributed by atoms with van der Waals surface area (Å²) in [5, 5.41) is 16.0. The highest BCUT2D eigenvalue weighted by Gasteiger charge is 2.33. The second kappa shape index (κ2) is 9.15. The number of aromatic nitrogens is 3. The van der Waals surface area contributed by atoms with Crippen molar-refractivity contribution in [3.8, 4) is 17.0 Å². The minimum atomic E-state index is -0.374. The number of fused-ring (bicyclic) bond motifs is 1. The molecule has 1 aliphatic rings. The summed E-state index contributed by atoms with van der Waals surface area (Å²) in [7, 11) is 5.55. The Hall–Kier alpha value is -4.31. The van der Waals surface area contributed by atoms with Crippen LogP contribution in [0.5, 0.6) is 5.75 Å². The minimum Gasteiger partial charge on any atom is -0.494 e. The zero-order valence-corrected chi connectivity index (χ0v) is 19.7. The van der Waals surface area contributed by atoms with Crippen LogP contribution in [-0.4, -0.2) is 65.1 Å². The molecule has 2 aromatic heterocycles. The molecule has 1 N–H and O–H groups in total. The Balaban J connectivity index is 1.45. The number of hydrogen-bond donors (Lipinski definition) is 1. The molecule has 0 unspecified atom stereocenters. The Kier molecular flexibility index (Phi) is 5.87. The van der Waals surface area contributed by atoms with Gasteiger partial charge < -0.3 is 19.9 Å². The molecule has 0 spiro atoms. The molecule has 1 aliphatic heterocycles. The smallest absolute Gasteiger partial charge is 0.294 e. The van der Waals surface area contributed by atoms with Gasteiger partial charge in [0.25, 0.3) is 5.69 Å². The van der Waals surface area contributed by atoms with Gasteiger partial charge in [-0.3, -0.25) is 15.1 Å². The van der Waals surface area contributed by atoms with E-state index in [-0.39, 0.29) is 10.6 Å². The monoisotopic (exact) mass is 471 g/mol. The first-order valence-electron chi connectivity index (χ1n) is 11.2. The summed E-state index contributed by atoms with van der Waals surface area (Å²) >= 11 is 0. The van der Waals surface area contributed by atoms with Gasteiger partial charge in [0.2, 0.25) is 5.95 Å². The predicted molar refractivity (Wildman–Crippen MR) is 135 cm³/mol. The molecule has 0 aliphatic carbocycles. The van der Waals surface area contributed by atoms with Crippen molar-refractivity contribution in [1.29, 1.82) is 0 Å². The van der Waals surface area contributed by atoms with Gasteiger partial charge in [-0.1, -0.05) is 18.2 Å². The van der Waals surface area contributed by atoms with Crippen molar-refractivity contribution >= 4 is 33.9 Å². The number of nitro benzene ring substituents is 1. The number of likely N-dealkylation sites (N-methyl/N-ethyl adjacent to an activating group) is 1. The van der Waals surface area contributed by atoms with Crippen molar-refractivity contribution in [3.05, 3.63) is 71.0 Å². The van der Waals surface area contributed by atoms with E-state index in [0.717, 1.165) is 16.5 Å². The minimum absolute atomic E-state index is 0.000361. The third kappa shape index (κ3) is 4.43. The largest absolute Gasteiger partial charge is 0.494 e. The lowest BCUT2D eigenvalue weighted by atomic mass is 10.1. The first-order chi connectivity index (χ1) is 16.9. The van der Waals surface area contributed by atoms with Gasteiger partial charge in [0.05, 0.1) is 28.9 Å². The number of benzene rings is 2. The molecule has 10 nitrogen and oxygen atoms in total. The number of para-hydroxylation sites is 1. The lowest BCUT2D eigenvalue weighted by Crippen LogP contribution is -2.57. The van der Waals surface area contributed by atoms with E-state index in [4.69, 9.17) is 4.74 Å². The van der Waals surface area contributed by atoms with Crippen molar-refractivity contribution in [2.45, 2.75) is 6.04 Å². The molecule has 0 radical (unpaired) electrons. The van der Waals surface area contributed by atoms with Crippen LogP contribution in [0.4, 0.5) is 23.0 Å².